The normalized spacial score (nSPS) is 10.8. The molecule has 24 heavy (non-hydrogen) atoms. The molecule has 0 unspecified atom stereocenters. The minimum atomic E-state index is 0.461. The Morgan fingerprint density at radius 1 is 0.833 bits per heavy atom. The van der Waals surface area contributed by atoms with Crippen LogP contribution in [-0.2, 0) is 0 Å². The molecule has 5 heteroatoms. The van der Waals surface area contributed by atoms with Gasteiger partial charge in [0.15, 0.2) is 5.58 Å². The lowest BCUT2D eigenvalue weighted by atomic mass is 10.1. The second-order valence-electron chi connectivity index (χ2n) is 5.42. The van der Waals surface area contributed by atoms with Gasteiger partial charge in [-0.15, -0.1) is 0 Å². The molecule has 0 aliphatic rings. The Kier molecular flexibility index (Phi) is 3.31. The number of hydrogen-bond acceptors (Lipinski definition) is 5. The average molecular weight is 317 g/mol. The lowest BCUT2D eigenvalue weighted by Gasteiger charge is -2.10. The number of ether oxygens (including phenoxy) is 1. The fourth-order valence-corrected chi connectivity index (χ4v) is 2.50. The number of anilines is 2. The molecule has 5 nitrogen and oxygen atoms in total. The van der Waals surface area contributed by atoms with Gasteiger partial charge in [0.1, 0.15) is 17.0 Å². The fraction of sp³-hybridized carbons (Fsp3) is 0. The Morgan fingerprint density at radius 3 is 2.50 bits per heavy atom. The molecule has 1 heterocycles. The number of benzene rings is 3. The molecule has 0 spiro atoms. The Hall–Kier alpha value is -3.47. The zero-order chi connectivity index (χ0) is 16.5. The summed E-state index contributed by atoms with van der Waals surface area (Å²) in [6.07, 6.45) is 0. The van der Waals surface area contributed by atoms with Gasteiger partial charge in [0, 0.05) is 17.4 Å². The van der Waals surface area contributed by atoms with E-state index in [-0.39, 0.29) is 0 Å². The molecule has 0 radical (unpaired) electrons. The van der Waals surface area contributed by atoms with Gasteiger partial charge >= 0.3 is 0 Å². The first kappa shape index (κ1) is 14.1. The summed E-state index contributed by atoms with van der Waals surface area (Å²) < 4.78 is 11.8. The van der Waals surface area contributed by atoms with Crippen molar-refractivity contribution in [1.29, 1.82) is 0 Å². The number of rotatable bonds is 3. The zero-order valence-corrected chi connectivity index (χ0v) is 12.8. The summed E-state index contributed by atoms with van der Waals surface area (Å²) in [5.41, 5.74) is 15.2. The van der Waals surface area contributed by atoms with Crippen molar-refractivity contribution in [2.45, 2.75) is 0 Å². The molecule has 0 bridgehead atoms. The van der Waals surface area contributed by atoms with E-state index in [1.54, 1.807) is 30.3 Å². The summed E-state index contributed by atoms with van der Waals surface area (Å²) in [6, 6.07) is 20.2. The molecule has 0 aliphatic carbocycles. The summed E-state index contributed by atoms with van der Waals surface area (Å²) in [5.74, 6) is 1.70. The van der Waals surface area contributed by atoms with Gasteiger partial charge in [-0.05, 0) is 42.5 Å². The second-order valence-corrected chi connectivity index (χ2v) is 5.42. The smallest absolute Gasteiger partial charge is 0.231 e. The Balaban J connectivity index is 1.81. The molecule has 0 atom stereocenters. The first-order chi connectivity index (χ1) is 11.7. The van der Waals surface area contributed by atoms with Crippen molar-refractivity contribution in [2.24, 2.45) is 0 Å². The fourth-order valence-electron chi connectivity index (χ4n) is 2.50. The van der Waals surface area contributed by atoms with Crippen molar-refractivity contribution in [3.8, 4) is 23.0 Å². The van der Waals surface area contributed by atoms with Gasteiger partial charge in [0.2, 0.25) is 5.89 Å². The van der Waals surface area contributed by atoms with Crippen LogP contribution in [0.5, 0.6) is 11.5 Å². The summed E-state index contributed by atoms with van der Waals surface area (Å²) in [4.78, 5) is 4.52. The molecule has 0 saturated heterocycles. The first-order valence-corrected chi connectivity index (χ1v) is 7.48. The molecule has 4 N–H and O–H groups in total. The minimum absolute atomic E-state index is 0.461. The van der Waals surface area contributed by atoms with Crippen molar-refractivity contribution in [3.63, 3.8) is 0 Å². The van der Waals surface area contributed by atoms with E-state index >= 15 is 0 Å². The minimum Gasteiger partial charge on any atom is -0.456 e. The van der Waals surface area contributed by atoms with Crippen molar-refractivity contribution < 1.29 is 9.15 Å². The van der Waals surface area contributed by atoms with Crippen molar-refractivity contribution in [2.75, 3.05) is 11.5 Å². The molecule has 0 fully saturated rings. The highest BCUT2D eigenvalue weighted by molar-refractivity contribution is 5.78. The maximum absolute atomic E-state index is 5.96. The highest BCUT2D eigenvalue weighted by Crippen LogP contribution is 2.36. The maximum atomic E-state index is 5.96. The van der Waals surface area contributed by atoms with Crippen molar-refractivity contribution in [3.05, 3.63) is 66.7 Å². The number of hydrogen-bond donors (Lipinski definition) is 2. The maximum Gasteiger partial charge on any atom is 0.231 e. The summed E-state index contributed by atoms with van der Waals surface area (Å²) >= 11 is 0. The largest absolute Gasteiger partial charge is 0.456 e. The average Bonchev–Trinajstić information content (AvgIpc) is 3.00. The van der Waals surface area contributed by atoms with Gasteiger partial charge in [0.05, 0.1) is 5.56 Å². The summed E-state index contributed by atoms with van der Waals surface area (Å²) in [5, 5.41) is 0. The zero-order valence-electron chi connectivity index (χ0n) is 12.8. The van der Waals surface area contributed by atoms with Crippen molar-refractivity contribution >= 4 is 22.5 Å². The van der Waals surface area contributed by atoms with E-state index in [2.05, 4.69) is 4.98 Å². The standard InChI is InChI=1S/C19H15N3O2/c20-12-4-3-5-14(10-12)23-17-9-8-13(21)11-15(17)19-22-16-6-1-2-7-18(16)24-19/h1-11H,20-21H2. The van der Waals surface area contributed by atoms with Gasteiger partial charge in [-0.1, -0.05) is 18.2 Å². The van der Waals surface area contributed by atoms with Gasteiger partial charge in [-0.2, -0.15) is 0 Å². The van der Waals surface area contributed by atoms with Crippen LogP contribution in [0.4, 0.5) is 11.4 Å². The molecule has 4 rings (SSSR count). The van der Waals surface area contributed by atoms with Crippen LogP contribution < -0.4 is 16.2 Å². The first-order valence-electron chi connectivity index (χ1n) is 7.48. The van der Waals surface area contributed by atoms with Crippen LogP contribution in [0.1, 0.15) is 0 Å². The highest BCUT2D eigenvalue weighted by Gasteiger charge is 2.14. The van der Waals surface area contributed by atoms with Crippen molar-refractivity contribution in [1.82, 2.24) is 4.98 Å². The number of nitrogen functional groups attached to an aromatic ring is 2. The van der Waals surface area contributed by atoms with E-state index in [4.69, 9.17) is 20.6 Å². The van der Waals surface area contributed by atoms with Gasteiger partial charge < -0.3 is 20.6 Å². The number of para-hydroxylation sites is 2. The molecular formula is C19H15N3O2. The molecule has 4 aromatic rings. The number of aromatic nitrogens is 1. The Labute approximate surface area is 138 Å². The second kappa shape index (κ2) is 5.62. The molecular weight excluding hydrogens is 302 g/mol. The van der Waals surface area contributed by atoms with E-state index in [9.17, 15) is 0 Å². The van der Waals surface area contributed by atoms with Gasteiger partial charge in [-0.3, -0.25) is 0 Å². The predicted octanol–water partition coefficient (Wildman–Crippen LogP) is 4.45. The molecule has 0 saturated carbocycles. The van der Waals surface area contributed by atoms with E-state index in [0.29, 0.717) is 39.9 Å². The van der Waals surface area contributed by atoms with Crippen LogP contribution >= 0.6 is 0 Å². The third-order valence-corrected chi connectivity index (χ3v) is 3.61. The van der Waals surface area contributed by atoms with E-state index < -0.39 is 0 Å². The number of oxazole rings is 1. The topological polar surface area (TPSA) is 87.3 Å². The van der Waals surface area contributed by atoms with Gasteiger partial charge in [0.25, 0.3) is 0 Å². The SMILES string of the molecule is Nc1cccc(Oc2ccc(N)cc2-c2nc3ccccc3o2)c1. The molecule has 0 aliphatic heterocycles. The van der Waals surface area contributed by atoms with E-state index in [1.165, 1.54) is 0 Å². The number of fused-ring (bicyclic) bond motifs is 1. The molecule has 1 aromatic heterocycles. The number of nitrogens with zero attached hydrogens (tertiary/aromatic N) is 1. The van der Waals surface area contributed by atoms with Crippen LogP contribution in [0.25, 0.3) is 22.6 Å². The number of nitrogens with two attached hydrogens (primary N) is 2. The van der Waals surface area contributed by atoms with Crippen LogP contribution in [0, 0.1) is 0 Å². The highest BCUT2D eigenvalue weighted by atomic mass is 16.5. The van der Waals surface area contributed by atoms with E-state index in [0.717, 1.165) is 5.52 Å². The van der Waals surface area contributed by atoms with Crippen LogP contribution in [0.15, 0.2) is 71.1 Å². The summed E-state index contributed by atoms with van der Waals surface area (Å²) in [6.45, 7) is 0. The predicted molar refractivity (Wildman–Crippen MR) is 94.8 cm³/mol. The molecule has 118 valence electrons. The van der Waals surface area contributed by atoms with Gasteiger partial charge in [-0.25, -0.2) is 4.98 Å². The Morgan fingerprint density at radius 2 is 1.67 bits per heavy atom. The van der Waals surface area contributed by atoms with E-state index in [1.807, 2.05) is 36.4 Å². The Bertz CT molecular complexity index is 991. The molecule has 3 aromatic carbocycles. The quantitative estimate of drug-likeness (QED) is 0.545. The van der Waals surface area contributed by atoms with Crippen LogP contribution in [0.2, 0.25) is 0 Å². The van der Waals surface area contributed by atoms with Crippen LogP contribution in [-0.4, -0.2) is 4.98 Å². The van der Waals surface area contributed by atoms with Crippen LogP contribution in [0.3, 0.4) is 0 Å². The summed E-state index contributed by atoms with van der Waals surface area (Å²) in [7, 11) is 0. The third kappa shape index (κ3) is 2.63. The molecule has 0 amide bonds. The lowest BCUT2D eigenvalue weighted by molar-refractivity contribution is 0.482. The monoisotopic (exact) mass is 317 g/mol. The lowest BCUT2D eigenvalue weighted by Crippen LogP contribution is -1.92. The third-order valence-electron chi connectivity index (χ3n) is 3.61.